The van der Waals surface area contributed by atoms with Gasteiger partial charge in [-0.25, -0.2) is 0 Å². The Balaban J connectivity index is 2.50. The monoisotopic (exact) mass is 111 g/mol. The quantitative estimate of drug-likeness (QED) is 0.456. The van der Waals surface area contributed by atoms with Gasteiger partial charge in [0.05, 0.1) is 6.04 Å². The van der Waals surface area contributed by atoms with Crippen LogP contribution in [0.2, 0.25) is 0 Å². The van der Waals surface area contributed by atoms with Crippen molar-refractivity contribution in [3.05, 3.63) is 12.3 Å². The smallest absolute Gasteiger partial charge is 0.142 e. The summed E-state index contributed by atoms with van der Waals surface area (Å²) in [6.07, 6.45) is 5.78. The van der Waals surface area contributed by atoms with Gasteiger partial charge < -0.3 is 9.69 Å². The van der Waals surface area contributed by atoms with Crippen LogP contribution in [0.15, 0.2) is 12.3 Å². The molecule has 1 atom stereocenters. The Hall–Kier alpha value is -0.790. The molecule has 0 aromatic carbocycles. The number of hydrogen-bond donors (Lipinski definition) is 0. The first-order valence-corrected chi connectivity index (χ1v) is 2.68. The summed E-state index contributed by atoms with van der Waals surface area (Å²) in [4.78, 5) is 12.0. The lowest BCUT2D eigenvalue weighted by molar-refractivity contribution is -0.110. The lowest BCUT2D eigenvalue weighted by Crippen LogP contribution is -2.23. The van der Waals surface area contributed by atoms with E-state index in [1.807, 2.05) is 24.2 Å². The molecule has 8 heavy (non-hydrogen) atoms. The molecule has 44 valence electrons. The van der Waals surface area contributed by atoms with Crippen LogP contribution < -0.4 is 0 Å². The number of carbonyl (C=O) groups is 1. The Morgan fingerprint density at radius 3 is 2.88 bits per heavy atom. The Labute approximate surface area is 48.8 Å². The molecule has 0 aromatic rings. The van der Waals surface area contributed by atoms with Crippen molar-refractivity contribution in [2.45, 2.75) is 12.5 Å². The maximum Gasteiger partial charge on any atom is 0.142 e. The van der Waals surface area contributed by atoms with E-state index in [0.717, 1.165) is 12.7 Å². The van der Waals surface area contributed by atoms with Crippen LogP contribution in [0.5, 0.6) is 0 Å². The van der Waals surface area contributed by atoms with Gasteiger partial charge in [-0.3, -0.25) is 0 Å². The van der Waals surface area contributed by atoms with Gasteiger partial charge in [-0.1, -0.05) is 6.08 Å². The number of hydrogen-bond acceptors (Lipinski definition) is 2. The average molecular weight is 111 g/mol. The number of likely N-dealkylation sites (N-methyl/N-ethyl adjacent to an activating group) is 1. The summed E-state index contributed by atoms with van der Waals surface area (Å²) < 4.78 is 0. The molecule has 0 radical (unpaired) electrons. The molecule has 1 heterocycles. The van der Waals surface area contributed by atoms with Crippen molar-refractivity contribution in [3.63, 3.8) is 0 Å². The zero-order chi connectivity index (χ0) is 5.98. The van der Waals surface area contributed by atoms with Crippen molar-refractivity contribution in [1.29, 1.82) is 0 Å². The van der Waals surface area contributed by atoms with Gasteiger partial charge in [0.1, 0.15) is 6.29 Å². The maximum absolute atomic E-state index is 10.1. The van der Waals surface area contributed by atoms with Crippen LogP contribution in [0.1, 0.15) is 6.42 Å². The topological polar surface area (TPSA) is 20.3 Å². The zero-order valence-corrected chi connectivity index (χ0v) is 4.87. The Morgan fingerprint density at radius 1 is 1.88 bits per heavy atom. The highest BCUT2D eigenvalue weighted by molar-refractivity contribution is 5.59. The molecule has 0 saturated heterocycles. The fourth-order valence-electron chi connectivity index (χ4n) is 0.795. The third-order valence-corrected chi connectivity index (χ3v) is 1.40. The van der Waals surface area contributed by atoms with Crippen LogP contribution in [0.25, 0.3) is 0 Å². The molecule has 1 rings (SSSR count). The first kappa shape index (κ1) is 5.35. The molecule has 0 amide bonds. The summed E-state index contributed by atoms with van der Waals surface area (Å²) in [6.45, 7) is 0. The van der Waals surface area contributed by atoms with E-state index < -0.39 is 0 Å². The van der Waals surface area contributed by atoms with E-state index in [4.69, 9.17) is 0 Å². The van der Waals surface area contributed by atoms with Gasteiger partial charge in [0.25, 0.3) is 0 Å². The van der Waals surface area contributed by atoms with Gasteiger partial charge in [0, 0.05) is 7.05 Å². The zero-order valence-electron chi connectivity index (χ0n) is 4.87. The Bertz CT molecular complexity index is 120. The van der Waals surface area contributed by atoms with Gasteiger partial charge in [-0.05, 0) is 12.6 Å². The summed E-state index contributed by atoms with van der Waals surface area (Å²) in [7, 11) is 1.91. The average Bonchev–Trinajstić information content (AvgIpc) is 2.14. The largest absolute Gasteiger partial charge is 0.371 e. The van der Waals surface area contributed by atoms with Crippen molar-refractivity contribution < 1.29 is 4.79 Å². The fraction of sp³-hybridized carbons (Fsp3) is 0.500. The van der Waals surface area contributed by atoms with Crippen LogP contribution in [-0.4, -0.2) is 24.3 Å². The van der Waals surface area contributed by atoms with Crippen molar-refractivity contribution in [2.24, 2.45) is 0 Å². The highest BCUT2D eigenvalue weighted by Gasteiger charge is 2.12. The van der Waals surface area contributed by atoms with Crippen LogP contribution in [0.3, 0.4) is 0 Å². The molecular weight excluding hydrogens is 102 g/mol. The highest BCUT2D eigenvalue weighted by Crippen LogP contribution is 2.07. The fourth-order valence-corrected chi connectivity index (χ4v) is 0.795. The summed E-state index contributed by atoms with van der Waals surface area (Å²) in [5.41, 5.74) is 0. The summed E-state index contributed by atoms with van der Waals surface area (Å²) in [5, 5.41) is 0. The summed E-state index contributed by atoms with van der Waals surface area (Å²) in [5.74, 6) is 0. The first-order valence-electron chi connectivity index (χ1n) is 2.68. The van der Waals surface area contributed by atoms with Crippen molar-refractivity contribution in [1.82, 2.24) is 4.90 Å². The van der Waals surface area contributed by atoms with Gasteiger partial charge in [-0.15, -0.1) is 0 Å². The molecule has 2 nitrogen and oxygen atoms in total. The molecule has 0 spiro atoms. The predicted molar refractivity (Wildman–Crippen MR) is 31.4 cm³/mol. The van der Waals surface area contributed by atoms with Gasteiger partial charge >= 0.3 is 0 Å². The molecule has 0 saturated carbocycles. The lowest BCUT2D eigenvalue weighted by Gasteiger charge is -2.12. The minimum Gasteiger partial charge on any atom is -0.371 e. The molecule has 1 aliphatic heterocycles. The van der Waals surface area contributed by atoms with E-state index in [0.29, 0.717) is 0 Å². The third-order valence-electron chi connectivity index (χ3n) is 1.40. The van der Waals surface area contributed by atoms with Crippen LogP contribution in [0, 0.1) is 0 Å². The molecule has 0 aliphatic carbocycles. The minimum atomic E-state index is 0.106. The standard InChI is InChI=1S/C6H9NO/c1-7-4-2-3-6(7)5-8/h2,4-6H,3H2,1H3. The van der Waals surface area contributed by atoms with Crippen molar-refractivity contribution in [2.75, 3.05) is 7.05 Å². The molecule has 0 N–H and O–H groups in total. The molecule has 1 aliphatic rings. The summed E-state index contributed by atoms with van der Waals surface area (Å²) in [6, 6.07) is 0.106. The SMILES string of the molecule is CN1C=CCC1C=O. The molecule has 2 heteroatoms. The maximum atomic E-state index is 10.1. The number of nitrogens with zero attached hydrogens (tertiary/aromatic N) is 1. The van der Waals surface area contributed by atoms with E-state index >= 15 is 0 Å². The molecular formula is C6H9NO. The van der Waals surface area contributed by atoms with Crippen molar-refractivity contribution >= 4 is 6.29 Å². The third kappa shape index (κ3) is 0.735. The normalized spacial score (nSPS) is 26.6. The van der Waals surface area contributed by atoms with E-state index in [2.05, 4.69) is 0 Å². The minimum absolute atomic E-state index is 0.106. The van der Waals surface area contributed by atoms with E-state index in [9.17, 15) is 4.79 Å². The first-order chi connectivity index (χ1) is 3.84. The lowest BCUT2D eigenvalue weighted by atomic mass is 10.3. The second-order valence-corrected chi connectivity index (χ2v) is 1.99. The molecule has 0 aromatic heterocycles. The van der Waals surface area contributed by atoms with Crippen LogP contribution in [-0.2, 0) is 4.79 Å². The van der Waals surface area contributed by atoms with E-state index in [1.165, 1.54) is 0 Å². The summed E-state index contributed by atoms with van der Waals surface area (Å²) >= 11 is 0. The molecule has 0 fully saturated rings. The van der Waals surface area contributed by atoms with Crippen LogP contribution in [0.4, 0.5) is 0 Å². The number of rotatable bonds is 1. The predicted octanol–water partition coefficient (Wildman–Crippen LogP) is 0.403. The Morgan fingerprint density at radius 2 is 2.62 bits per heavy atom. The van der Waals surface area contributed by atoms with Gasteiger partial charge in [-0.2, -0.15) is 0 Å². The Kier molecular flexibility index (Phi) is 1.33. The number of carbonyl (C=O) groups excluding carboxylic acids is 1. The van der Waals surface area contributed by atoms with E-state index in [1.54, 1.807) is 0 Å². The molecule has 1 unspecified atom stereocenters. The second kappa shape index (κ2) is 1.99. The highest BCUT2D eigenvalue weighted by atomic mass is 16.1. The second-order valence-electron chi connectivity index (χ2n) is 1.99. The van der Waals surface area contributed by atoms with Crippen molar-refractivity contribution in [3.8, 4) is 0 Å². The van der Waals surface area contributed by atoms with Gasteiger partial charge in [0.2, 0.25) is 0 Å². The van der Waals surface area contributed by atoms with Gasteiger partial charge in [0.15, 0.2) is 0 Å². The van der Waals surface area contributed by atoms with E-state index in [-0.39, 0.29) is 6.04 Å². The molecule has 0 bridgehead atoms. The van der Waals surface area contributed by atoms with Crippen LogP contribution >= 0.6 is 0 Å². The number of aldehydes is 1.